The van der Waals surface area contributed by atoms with Crippen LogP contribution in [0.4, 0.5) is 5.69 Å². The van der Waals surface area contributed by atoms with Crippen LogP contribution in [0.25, 0.3) is 0 Å². The van der Waals surface area contributed by atoms with Crippen LogP contribution in [-0.2, 0) is 14.3 Å². The molecule has 1 atom stereocenters. The van der Waals surface area contributed by atoms with Crippen LogP contribution in [0.5, 0.6) is 11.5 Å². The third kappa shape index (κ3) is 5.56. The van der Waals surface area contributed by atoms with Crippen LogP contribution in [0, 0.1) is 0 Å². The molecule has 0 bridgehead atoms. The summed E-state index contributed by atoms with van der Waals surface area (Å²) in [5.41, 5.74) is 0.562. The van der Waals surface area contributed by atoms with Crippen LogP contribution in [-0.4, -0.2) is 42.5 Å². The van der Waals surface area contributed by atoms with Gasteiger partial charge in [-0.15, -0.1) is 0 Å². The van der Waals surface area contributed by atoms with Gasteiger partial charge in [0.2, 0.25) is 11.8 Å². The molecule has 3 rings (SSSR count). The third-order valence-corrected chi connectivity index (χ3v) is 4.36. The van der Waals surface area contributed by atoms with Gasteiger partial charge in [0.15, 0.2) is 5.75 Å². The average Bonchev–Trinajstić information content (AvgIpc) is 3.17. The molecular weight excluding hydrogens is 344 g/mol. The van der Waals surface area contributed by atoms with Gasteiger partial charge in [-0.05, 0) is 37.1 Å². The van der Waals surface area contributed by atoms with Crippen LogP contribution < -0.4 is 10.1 Å². The Hall–Kier alpha value is -2.86. The lowest BCUT2D eigenvalue weighted by atomic mass is 10.2. The molecule has 1 unspecified atom stereocenters. The lowest BCUT2D eigenvalue weighted by Gasteiger charge is -2.23. The zero-order valence-corrected chi connectivity index (χ0v) is 15.4. The molecule has 0 spiro atoms. The van der Waals surface area contributed by atoms with E-state index in [-0.39, 0.29) is 24.5 Å². The molecule has 1 fully saturated rings. The summed E-state index contributed by atoms with van der Waals surface area (Å²) in [6.45, 7) is 2.60. The maximum absolute atomic E-state index is 12.5. The van der Waals surface area contributed by atoms with Gasteiger partial charge < -0.3 is 19.7 Å². The Morgan fingerprint density at radius 3 is 2.59 bits per heavy atom. The number of para-hydroxylation sites is 3. The van der Waals surface area contributed by atoms with Gasteiger partial charge >= 0.3 is 0 Å². The molecule has 27 heavy (non-hydrogen) atoms. The second-order valence-corrected chi connectivity index (χ2v) is 6.49. The second-order valence-electron chi connectivity index (χ2n) is 6.49. The van der Waals surface area contributed by atoms with Crippen molar-refractivity contribution < 1.29 is 19.1 Å². The van der Waals surface area contributed by atoms with Crippen molar-refractivity contribution in [1.29, 1.82) is 0 Å². The molecule has 1 aliphatic rings. The zero-order chi connectivity index (χ0) is 19.1. The lowest BCUT2D eigenvalue weighted by Crippen LogP contribution is -2.41. The van der Waals surface area contributed by atoms with E-state index in [2.05, 4.69) is 5.32 Å². The number of hydrogen-bond donors (Lipinski definition) is 1. The second kappa shape index (κ2) is 9.19. The number of rotatable bonds is 7. The first-order valence-electron chi connectivity index (χ1n) is 9.11. The third-order valence-electron chi connectivity index (χ3n) is 4.36. The molecular formula is C21H24N2O4. The molecule has 2 amide bonds. The Balaban J connectivity index is 1.63. The van der Waals surface area contributed by atoms with Gasteiger partial charge in [-0.1, -0.05) is 30.3 Å². The van der Waals surface area contributed by atoms with E-state index >= 15 is 0 Å². The Bertz CT molecular complexity index is 773. The fraction of sp³-hybridized carbons (Fsp3) is 0.333. The number of carbonyl (C=O) groups is 2. The molecule has 2 aromatic carbocycles. The van der Waals surface area contributed by atoms with Gasteiger partial charge in [-0.2, -0.15) is 0 Å². The molecule has 1 saturated heterocycles. The van der Waals surface area contributed by atoms with Crippen LogP contribution in [0.3, 0.4) is 0 Å². The quantitative estimate of drug-likeness (QED) is 0.813. The number of nitrogens with one attached hydrogen (secondary N) is 1. The van der Waals surface area contributed by atoms with Crippen molar-refractivity contribution in [1.82, 2.24) is 4.90 Å². The molecule has 1 heterocycles. The van der Waals surface area contributed by atoms with Gasteiger partial charge in [0.25, 0.3) is 0 Å². The predicted octanol–water partition coefficient (Wildman–Crippen LogP) is 3.44. The van der Waals surface area contributed by atoms with E-state index in [1.165, 1.54) is 11.8 Å². The largest absolute Gasteiger partial charge is 0.455 e. The van der Waals surface area contributed by atoms with Crippen molar-refractivity contribution in [2.75, 3.05) is 25.0 Å². The van der Waals surface area contributed by atoms with Gasteiger partial charge in [-0.25, -0.2) is 0 Å². The Morgan fingerprint density at radius 2 is 1.89 bits per heavy atom. The van der Waals surface area contributed by atoms with E-state index in [1.807, 2.05) is 42.5 Å². The van der Waals surface area contributed by atoms with Crippen LogP contribution in [0.1, 0.15) is 19.8 Å². The Kier molecular flexibility index (Phi) is 6.44. The highest BCUT2D eigenvalue weighted by Crippen LogP contribution is 2.29. The fourth-order valence-corrected chi connectivity index (χ4v) is 2.98. The van der Waals surface area contributed by atoms with Crippen molar-refractivity contribution >= 4 is 17.5 Å². The summed E-state index contributed by atoms with van der Waals surface area (Å²) in [6.07, 6.45) is 1.92. The maximum Gasteiger partial charge on any atom is 0.244 e. The number of nitrogens with zero attached hydrogens (tertiary/aromatic N) is 1. The first-order valence-corrected chi connectivity index (χ1v) is 9.11. The summed E-state index contributed by atoms with van der Waals surface area (Å²) in [5.74, 6) is 0.815. The summed E-state index contributed by atoms with van der Waals surface area (Å²) >= 11 is 0. The molecule has 142 valence electrons. The minimum atomic E-state index is -0.271. The lowest BCUT2D eigenvalue weighted by molar-refractivity contribution is -0.134. The van der Waals surface area contributed by atoms with E-state index in [9.17, 15) is 9.59 Å². The first kappa shape index (κ1) is 18.9. The van der Waals surface area contributed by atoms with Crippen molar-refractivity contribution in [2.45, 2.75) is 25.9 Å². The van der Waals surface area contributed by atoms with Crippen molar-refractivity contribution in [2.24, 2.45) is 0 Å². The van der Waals surface area contributed by atoms with Crippen molar-refractivity contribution in [3.63, 3.8) is 0 Å². The van der Waals surface area contributed by atoms with E-state index < -0.39 is 0 Å². The number of anilines is 1. The van der Waals surface area contributed by atoms with Gasteiger partial charge in [0, 0.05) is 20.1 Å². The smallest absolute Gasteiger partial charge is 0.244 e. The fourth-order valence-electron chi connectivity index (χ4n) is 2.98. The molecule has 1 aliphatic heterocycles. The van der Waals surface area contributed by atoms with Gasteiger partial charge in [0.05, 0.1) is 18.3 Å². The van der Waals surface area contributed by atoms with Crippen molar-refractivity contribution in [3.8, 4) is 11.5 Å². The van der Waals surface area contributed by atoms with E-state index in [0.717, 1.165) is 12.8 Å². The number of ether oxygens (including phenoxy) is 2. The molecule has 6 nitrogen and oxygen atoms in total. The highest BCUT2D eigenvalue weighted by molar-refractivity contribution is 5.95. The molecule has 0 saturated carbocycles. The molecule has 0 aromatic heterocycles. The molecule has 0 aliphatic carbocycles. The minimum Gasteiger partial charge on any atom is -0.455 e. The Morgan fingerprint density at radius 1 is 1.15 bits per heavy atom. The number of amides is 2. The highest BCUT2D eigenvalue weighted by atomic mass is 16.5. The average molecular weight is 368 g/mol. The van der Waals surface area contributed by atoms with Crippen LogP contribution in [0.15, 0.2) is 54.6 Å². The number of carbonyl (C=O) groups excluding carboxylic acids is 2. The predicted molar refractivity (Wildman–Crippen MR) is 103 cm³/mol. The van der Waals surface area contributed by atoms with Crippen molar-refractivity contribution in [3.05, 3.63) is 54.6 Å². The monoisotopic (exact) mass is 368 g/mol. The molecule has 2 aromatic rings. The SMILES string of the molecule is CC(=O)N(CC(=O)Nc1ccccc1Oc1ccccc1)CC1CCCO1. The molecule has 1 N–H and O–H groups in total. The minimum absolute atomic E-state index is 0.00963. The summed E-state index contributed by atoms with van der Waals surface area (Å²) in [7, 11) is 0. The highest BCUT2D eigenvalue weighted by Gasteiger charge is 2.22. The molecule has 0 radical (unpaired) electrons. The van der Waals surface area contributed by atoms with E-state index in [1.54, 1.807) is 12.1 Å². The summed E-state index contributed by atoms with van der Waals surface area (Å²) in [4.78, 5) is 25.9. The summed E-state index contributed by atoms with van der Waals surface area (Å²) in [6, 6.07) is 16.6. The van der Waals surface area contributed by atoms with Gasteiger partial charge in [0.1, 0.15) is 5.75 Å². The Labute approximate surface area is 159 Å². The van der Waals surface area contributed by atoms with E-state index in [0.29, 0.717) is 30.3 Å². The first-order chi connectivity index (χ1) is 13.1. The number of benzene rings is 2. The van der Waals surface area contributed by atoms with Crippen LogP contribution in [0.2, 0.25) is 0 Å². The normalized spacial score (nSPS) is 16.0. The number of hydrogen-bond acceptors (Lipinski definition) is 4. The topological polar surface area (TPSA) is 67.9 Å². The zero-order valence-electron chi connectivity index (χ0n) is 15.4. The summed E-state index contributed by atoms with van der Waals surface area (Å²) < 4.78 is 11.4. The maximum atomic E-state index is 12.5. The summed E-state index contributed by atoms with van der Waals surface area (Å²) in [5, 5.41) is 2.84. The molecule has 6 heteroatoms. The standard InChI is InChI=1S/C21H24N2O4/c1-16(24)23(14-18-10-7-13-26-18)15-21(25)22-19-11-5-6-12-20(19)27-17-8-3-2-4-9-17/h2-6,8-9,11-12,18H,7,10,13-15H2,1H3,(H,22,25). The van der Waals surface area contributed by atoms with E-state index in [4.69, 9.17) is 9.47 Å². The van der Waals surface area contributed by atoms with Gasteiger partial charge in [-0.3, -0.25) is 9.59 Å². The van der Waals surface area contributed by atoms with Crippen LogP contribution >= 0.6 is 0 Å².